The summed E-state index contributed by atoms with van der Waals surface area (Å²) in [4.78, 5) is 52.7. The summed E-state index contributed by atoms with van der Waals surface area (Å²) in [6.07, 6.45) is 2.26. The van der Waals surface area contributed by atoms with Crippen molar-refractivity contribution in [3.05, 3.63) is 65.2 Å². The third kappa shape index (κ3) is 3.42. The van der Waals surface area contributed by atoms with Crippen molar-refractivity contribution in [1.29, 1.82) is 0 Å². The van der Waals surface area contributed by atoms with Crippen LogP contribution in [0.25, 0.3) is 6.08 Å². The Bertz CT molecular complexity index is 1100. The third-order valence-corrected chi connectivity index (χ3v) is 5.75. The van der Waals surface area contributed by atoms with Crippen LogP contribution < -0.4 is 9.80 Å². The van der Waals surface area contributed by atoms with E-state index in [1.54, 1.807) is 54.3 Å². The van der Waals surface area contributed by atoms with Crippen molar-refractivity contribution in [2.24, 2.45) is 5.92 Å². The van der Waals surface area contributed by atoms with Gasteiger partial charge in [0.25, 0.3) is 11.8 Å². The smallest absolute Gasteiger partial charge is 0.303 e. The minimum Gasteiger partial charge on any atom is -0.481 e. The maximum atomic E-state index is 13.3. The van der Waals surface area contributed by atoms with E-state index in [-0.39, 0.29) is 18.2 Å². The first kappa shape index (κ1) is 20.5. The standard InChI is InChI=1S/C24H22N2O5/c1-3-15-8-9-19(25-11-10-20(25)27)22(18(15)12-14(2)13-21(28)29)26-23(30)16-6-4-5-7-17(16)24(26)31/h3-9,14H,1,10-13H2,2H3,(H,28,29)/t14-/m1/s1. The van der Waals surface area contributed by atoms with Crippen LogP contribution in [0.1, 0.15) is 51.6 Å². The van der Waals surface area contributed by atoms with Crippen molar-refractivity contribution in [2.45, 2.75) is 26.2 Å². The van der Waals surface area contributed by atoms with E-state index in [2.05, 4.69) is 6.58 Å². The van der Waals surface area contributed by atoms with Gasteiger partial charge in [0.05, 0.1) is 22.5 Å². The van der Waals surface area contributed by atoms with Gasteiger partial charge in [-0.25, -0.2) is 4.90 Å². The van der Waals surface area contributed by atoms with E-state index < -0.39 is 17.8 Å². The summed E-state index contributed by atoms with van der Waals surface area (Å²) < 4.78 is 0. The number of imide groups is 1. The number of rotatable bonds is 7. The average molecular weight is 418 g/mol. The highest BCUT2D eigenvalue weighted by atomic mass is 16.4. The van der Waals surface area contributed by atoms with Crippen LogP contribution in [-0.2, 0) is 16.0 Å². The summed E-state index contributed by atoms with van der Waals surface area (Å²) in [5.74, 6) is -2.18. The number of fused-ring (bicyclic) bond motifs is 1. The molecular formula is C24H22N2O5. The van der Waals surface area contributed by atoms with E-state index >= 15 is 0 Å². The topological polar surface area (TPSA) is 95.0 Å². The molecule has 1 atom stereocenters. The molecule has 2 aliphatic rings. The zero-order valence-electron chi connectivity index (χ0n) is 17.1. The van der Waals surface area contributed by atoms with Gasteiger partial charge in [-0.15, -0.1) is 0 Å². The Kier molecular flexibility index (Phi) is 5.19. The number of carboxylic acids is 1. The lowest BCUT2D eigenvalue weighted by atomic mass is 9.91. The molecule has 1 fully saturated rings. The SMILES string of the molecule is C=Cc1ccc(N2CCC2=O)c(N2C(=O)c3ccccc3C2=O)c1C[C@@H](C)CC(=O)O. The largest absolute Gasteiger partial charge is 0.481 e. The van der Waals surface area contributed by atoms with Gasteiger partial charge in [0.15, 0.2) is 0 Å². The van der Waals surface area contributed by atoms with Crippen LogP contribution in [0.5, 0.6) is 0 Å². The number of carbonyl (C=O) groups excluding carboxylic acids is 3. The third-order valence-electron chi connectivity index (χ3n) is 5.75. The van der Waals surface area contributed by atoms with E-state index in [1.807, 2.05) is 0 Å². The number of aliphatic carboxylic acids is 1. The number of anilines is 2. The number of hydrogen-bond donors (Lipinski definition) is 1. The Morgan fingerprint density at radius 1 is 1.13 bits per heavy atom. The van der Waals surface area contributed by atoms with Crippen molar-refractivity contribution < 1.29 is 24.3 Å². The molecule has 3 amide bonds. The molecule has 7 nitrogen and oxygen atoms in total. The summed E-state index contributed by atoms with van der Waals surface area (Å²) >= 11 is 0. The molecule has 0 bridgehead atoms. The second-order valence-corrected chi connectivity index (χ2v) is 7.90. The van der Waals surface area contributed by atoms with Crippen molar-refractivity contribution >= 4 is 41.1 Å². The normalized spacial score (nSPS) is 16.2. The predicted octanol–water partition coefficient (Wildman–Crippen LogP) is 3.52. The number of amides is 3. The lowest BCUT2D eigenvalue weighted by Crippen LogP contribution is -2.45. The predicted molar refractivity (Wildman–Crippen MR) is 116 cm³/mol. The molecule has 0 unspecified atom stereocenters. The molecule has 2 aromatic rings. The minimum absolute atomic E-state index is 0.0645. The van der Waals surface area contributed by atoms with Gasteiger partial charge in [-0.2, -0.15) is 0 Å². The molecule has 0 aromatic heterocycles. The molecule has 0 aliphatic carbocycles. The molecule has 0 saturated carbocycles. The highest BCUT2D eigenvalue weighted by molar-refractivity contribution is 6.35. The molecule has 31 heavy (non-hydrogen) atoms. The van der Waals surface area contributed by atoms with Crippen LogP contribution >= 0.6 is 0 Å². The first-order chi connectivity index (χ1) is 14.8. The van der Waals surface area contributed by atoms with Crippen molar-refractivity contribution in [1.82, 2.24) is 0 Å². The van der Waals surface area contributed by atoms with Gasteiger partial charge in [-0.05, 0) is 41.7 Å². The maximum absolute atomic E-state index is 13.3. The monoisotopic (exact) mass is 418 g/mol. The van der Waals surface area contributed by atoms with Gasteiger partial charge in [-0.3, -0.25) is 19.2 Å². The molecule has 158 valence electrons. The number of benzene rings is 2. The molecule has 2 heterocycles. The Morgan fingerprint density at radius 2 is 1.77 bits per heavy atom. The molecule has 2 aromatic carbocycles. The number of carbonyl (C=O) groups is 4. The van der Waals surface area contributed by atoms with Crippen LogP contribution in [0.3, 0.4) is 0 Å². The summed E-state index contributed by atoms with van der Waals surface area (Å²) in [6.45, 7) is 6.14. The fourth-order valence-corrected chi connectivity index (χ4v) is 4.19. The first-order valence-electron chi connectivity index (χ1n) is 10.1. The first-order valence-corrected chi connectivity index (χ1v) is 10.1. The summed E-state index contributed by atoms with van der Waals surface area (Å²) in [5, 5.41) is 9.20. The van der Waals surface area contributed by atoms with E-state index in [1.165, 1.54) is 0 Å². The lowest BCUT2D eigenvalue weighted by molar-refractivity contribution is -0.138. The van der Waals surface area contributed by atoms with E-state index in [0.29, 0.717) is 53.0 Å². The van der Waals surface area contributed by atoms with Crippen molar-refractivity contribution in [2.75, 3.05) is 16.3 Å². The Hall–Kier alpha value is -3.74. The molecular weight excluding hydrogens is 396 g/mol. The van der Waals surface area contributed by atoms with E-state index in [9.17, 15) is 24.3 Å². The second-order valence-electron chi connectivity index (χ2n) is 7.90. The van der Waals surface area contributed by atoms with E-state index in [4.69, 9.17) is 0 Å². The van der Waals surface area contributed by atoms with Gasteiger partial charge in [0.1, 0.15) is 0 Å². The number of hydrogen-bond acceptors (Lipinski definition) is 4. The Morgan fingerprint density at radius 3 is 2.26 bits per heavy atom. The van der Waals surface area contributed by atoms with Gasteiger partial charge in [-0.1, -0.05) is 37.8 Å². The zero-order chi connectivity index (χ0) is 22.3. The quantitative estimate of drug-likeness (QED) is 0.548. The Balaban J connectivity index is 1.91. The molecule has 1 saturated heterocycles. The fraction of sp³-hybridized carbons (Fsp3) is 0.250. The van der Waals surface area contributed by atoms with Crippen LogP contribution in [-0.4, -0.2) is 35.3 Å². The van der Waals surface area contributed by atoms with Gasteiger partial charge < -0.3 is 10.0 Å². The van der Waals surface area contributed by atoms with Crippen LogP contribution in [0, 0.1) is 5.92 Å². The van der Waals surface area contributed by atoms with Gasteiger partial charge in [0.2, 0.25) is 5.91 Å². The molecule has 2 aliphatic heterocycles. The highest BCUT2D eigenvalue weighted by Gasteiger charge is 2.41. The fourth-order valence-electron chi connectivity index (χ4n) is 4.19. The van der Waals surface area contributed by atoms with Crippen LogP contribution in [0.15, 0.2) is 43.0 Å². The number of β-lactam (4-membered cyclic amide) rings is 1. The lowest BCUT2D eigenvalue weighted by Gasteiger charge is -2.35. The molecule has 4 rings (SSSR count). The number of nitrogens with zero attached hydrogens (tertiary/aromatic N) is 2. The van der Waals surface area contributed by atoms with Crippen molar-refractivity contribution in [3.8, 4) is 0 Å². The van der Waals surface area contributed by atoms with Crippen molar-refractivity contribution in [3.63, 3.8) is 0 Å². The zero-order valence-corrected chi connectivity index (χ0v) is 17.1. The van der Waals surface area contributed by atoms with Gasteiger partial charge in [0, 0.05) is 19.4 Å². The Labute approximate surface area is 179 Å². The summed E-state index contributed by atoms with van der Waals surface area (Å²) in [6, 6.07) is 10.1. The highest BCUT2D eigenvalue weighted by Crippen LogP contribution is 2.42. The van der Waals surface area contributed by atoms with Gasteiger partial charge >= 0.3 is 5.97 Å². The molecule has 0 radical (unpaired) electrons. The average Bonchev–Trinajstić information content (AvgIpc) is 2.97. The number of carboxylic acid groups (broad SMARTS) is 1. The molecule has 7 heteroatoms. The van der Waals surface area contributed by atoms with Crippen LogP contribution in [0.2, 0.25) is 0 Å². The summed E-state index contributed by atoms with van der Waals surface area (Å²) in [5.41, 5.74) is 2.77. The molecule has 0 spiro atoms. The van der Waals surface area contributed by atoms with Crippen LogP contribution in [0.4, 0.5) is 11.4 Å². The maximum Gasteiger partial charge on any atom is 0.303 e. The van der Waals surface area contributed by atoms with E-state index in [0.717, 1.165) is 4.90 Å². The summed E-state index contributed by atoms with van der Waals surface area (Å²) in [7, 11) is 0. The minimum atomic E-state index is -0.927. The second kappa shape index (κ2) is 7.83. The molecule has 1 N–H and O–H groups in total.